The number of aromatic nitrogens is 4. The minimum Gasteiger partial charge on any atom is -0.481 e. The lowest BCUT2D eigenvalue weighted by Crippen LogP contribution is -2.45. The van der Waals surface area contributed by atoms with Crippen LogP contribution >= 0.6 is 0 Å². The molecule has 2 aromatic heterocycles. The highest BCUT2D eigenvalue weighted by Crippen LogP contribution is 2.27. The fourth-order valence-corrected chi connectivity index (χ4v) is 3.91. The fraction of sp³-hybridized carbons (Fsp3) is 0.435. The van der Waals surface area contributed by atoms with Crippen LogP contribution in [0.1, 0.15) is 48.3 Å². The minimum absolute atomic E-state index is 0.0158. The van der Waals surface area contributed by atoms with Gasteiger partial charge in [-0.15, -0.1) is 0 Å². The van der Waals surface area contributed by atoms with E-state index < -0.39 is 6.10 Å². The zero-order valence-electron chi connectivity index (χ0n) is 18.3. The van der Waals surface area contributed by atoms with Gasteiger partial charge in [0.25, 0.3) is 11.8 Å². The monoisotopic (exact) mass is 421 g/mol. The van der Waals surface area contributed by atoms with Crippen molar-refractivity contribution in [3.05, 3.63) is 53.2 Å². The molecule has 3 heterocycles. The van der Waals surface area contributed by atoms with E-state index in [1.165, 1.54) is 0 Å². The number of amides is 1. The molecule has 4 rings (SSSR count). The molecule has 1 aliphatic rings. The normalized spacial score (nSPS) is 17.4. The third kappa shape index (κ3) is 4.90. The lowest BCUT2D eigenvalue weighted by Gasteiger charge is -2.33. The van der Waals surface area contributed by atoms with Gasteiger partial charge < -0.3 is 14.2 Å². The molecule has 8 nitrogen and oxygen atoms in total. The molecule has 3 aromatic rings. The average Bonchev–Trinajstić information content (AvgIpc) is 3.23. The second kappa shape index (κ2) is 8.83. The number of aryl methyl sites for hydroxylation is 3. The Morgan fingerprint density at radius 3 is 2.65 bits per heavy atom. The molecular weight excluding hydrogens is 394 g/mol. The molecule has 1 fully saturated rings. The van der Waals surface area contributed by atoms with Crippen LogP contribution in [0.3, 0.4) is 0 Å². The third-order valence-corrected chi connectivity index (χ3v) is 5.40. The number of hydrogen-bond donors (Lipinski definition) is 0. The van der Waals surface area contributed by atoms with Crippen LogP contribution in [0.2, 0.25) is 0 Å². The summed E-state index contributed by atoms with van der Waals surface area (Å²) in [7, 11) is 0. The fourth-order valence-electron chi connectivity index (χ4n) is 3.91. The Morgan fingerprint density at radius 2 is 1.94 bits per heavy atom. The summed E-state index contributed by atoms with van der Waals surface area (Å²) in [4.78, 5) is 27.9. The van der Waals surface area contributed by atoms with Crippen molar-refractivity contribution in [2.24, 2.45) is 0 Å². The van der Waals surface area contributed by atoms with E-state index in [2.05, 4.69) is 26.2 Å². The van der Waals surface area contributed by atoms with Crippen molar-refractivity contribution in [2.75, 3.05) is 13.1 Å². The summed E-state index contributed by atoms with van der Waals surface area (Å²) in [6, 6.07) is 5.98. The van der Waals surface area contributed by atoms with Crippen molar-refractivity contribution in [2.45, 2.75) is 52.6 Å². The summed E-state index contributed by atoms with van der Waals surface area (Å²) in [5, 5.41) is 4.14. The van der Waals surface area contributed by atoms with E-state index in [-0.39, 0.29) is 11.8 Å². The Morgan fingerprint density at radius 1 is 1.16 bits per heavy atom. The summed E-state index contributed by atoms with van der Waals surface area (Å²) in [5.74, 6) is 1.64. The Balaban J connectivity index is 1.42. The van der Waals surface area contributed by atoms with Crippen molar-refractivity contribution in [3.63, 3.8) is 0 Å². The molecule has 2 unspecified atom stereocenters. The molecule has 0 bridgehead atoms. The van der Waals surface area contributed by atoms with E-state index in [0.29, 0.717) is 36.2 Å². The van der Waals surface area contributed by atoms with Gasteiger partial charge in [-0.05, 0) is 63.8 Å². The minimum atomic E-state index is -0.566. The molecule has 0 N–H and O–H groups in total. The molecule has 1 aliphatic heterocycles. The van der Waals surface area contributed by atoms with E-state index in [1.54, 1.807) is 19.3 Å². The maximum atomic E-state index is 13.0. The lowest BCUT2D eigenvalue weighted by molar-refractivity contribution is -0.139. The van der Waals surface area contributed by atoms with Crippen LogP contribution < -0.4 is 4.74 Å². The molecule has 1 aromatic carbocycles. The van der Waals surface area contributed by atoms with Crippen LogP contribution in [0.5, 0.6) is 5.75 Å². The first-order valence-electron chi connectivity index (χ1n) is 10.6. The molecule has 0 saturated carbocycles. The van der Waals surface area contributed by atoms with E-state index in [4.69, 9.17) is 9.26 Å². The van der Waals surface area contributed by atoms with Crippen LogP contribution in [0, 0.1) is 20.8 Å². The summed E-state index contributed by atoms with van der Waals surface area (Å²) in [5.41, 5.74) is 3.59. The molecule has 0 radical (unpaired) electrons. The highest BCUT2D eigenvalue weighted by molar-refractivity contribution is 5.81. The van der Waals surface area contributed by atoms with Crippen molar-refractivity contribution < 1.29 is 14.1 Å². The predicted octanol–water partition coefficient (Wildman–Crippen LogP) is 3.63. The average molecular weight is 422 g/mol. The molecule has 1 saturated heterocycles. The van der Waals surface area contributed by atoms with Gasteiger partial charge in [-0.25, -0.2) is 4.98 Å². The van der Waals surface area contributed by atoms with Gasteiger partial charge in [0.1, 0.15) is 11.4 Å². The predicted molar refractivity (Wildman–Crippen MR) is 115 cm³/mol. The second-order valence-corrected chi connectivity index (χ2v) is 8.21. The molecule has 1 amide bonds. The van der Waals surface area contributed by atoms with Gasteiger partial charge >= 0.3 is 0 Å². The molecule has 2 atom stereocenters. The summed E-state index contributed by atoms with van der Waals surface area (Å²) in [6.45, 7) is 8.94. The van der Waals surface area contributed by atoms with E-state index in [0.717, 1.165) is 29.7 Å². The number of hydrogen-bond acceptors (Lipinski definition) is 7. The SMILES string of the molecule is Cc1cc(C)cc(OC(C)C(=O)N2CCCC(c3noc(-c4cnc(C)cn4)n3)C2)c1. The Bertz CT molecular complexity index is 1040. The zero-order valence-corrected chi connectivity index (χ0v) is 18.3. The summed E-state index contributed by atoms with van der Waals surface area (Å²) in [6.07, 6.45) is 4.49. The van der Waals surface area contributed by atoms with Gasteiger partial charge in [-0.2, -0.15) is 4.98 Å². The number of rotatable bonds is 5. The van der Waals surface area contributed by atoms with Gasteiger partial charge in [0.05, 0.1) is 11.9 Å². The van der Waals surface area contributed by atoms with Crippen molar-refractivity contribution in [1.29, 1.82) is 0 Å². The lowest BCUT2D eigenvalue weighted by atomic mass is 9.97. The molecule has 31 heavy (non-hydrogen) atoms. The smallest absolute Gasteiger partial charge is 0.278 e. The topological polar surface area (TPSA) is 94.2 Å². The van der Waals surface area contributed by atoms with Gasteiger partial charge in [-0.1, -0.05) is 11.2 Å². The quantitative estimate of drug-likeness (QED) is 0.621. The van der Waals surface area contributed by atoms with E-state index in [1.807, 2.05) is 37.8 Å². The number of ether oxygens (including phenoxy) is 1. The Kier molecular flexibility index (Phi) is 5.97. The van der Waals surface area contributed by atoms with Crippen LogP contribution in [0.25, 0.3) is 11.6 Å². The van der Waals surface area contributed by atoms with Gasteiger partial charge in [0, 0.05) is 25.2 Å². The number of nitrogens with zero attached hydrogens (tertiary/aromatic N) is 5. The maximum absolute atomic E-state index is 13.0. The van der Waals surface area contributed by atoms with Crippen LogP contribution in [0.15, 0.2) is 35.1 Å². The van der Waals surface area contributed by atoms with Gasteiger partial charge in [0.15, 0.2) is 11.9 Å². The molecular formula is C23H27N5O3. The van der Waals surface area contributed by atoms with Crippen molar-refractivity contribution in [1.82, 2.24) is 25.0 Å². The number of piperidine rings is 1. The zero-order chi connectivity index (χ0) is 22.0. The molecule has 162 valence electrons. The highest BCUT2D eigenvalue weighted by atomic mass is 16.5. The first-order valence-corrected chi connectivity index (χ1v) is 10.6. The highest BCUT2D eigenvalue weighted by Gasteiger charge is 2.31. The summed E-state index contributed by atoms with van der Waals surface area (Å²) < 4.78 is 11.3. The summed E-state index contributed by atoms with van der Waals surface area (Å²) >= 11 is 0. The van der Waals surface area contributed by atoms with E-state index >= 15 is 0 Å². The number of carbonyl (C=O) groups is 1. The molecule has 0 aliphatic carbocycles. The van der Waals surface area contributed by atoms with Crippen molar-refractivity contribution >= 4 is 5.91 Å². The molecule has 0 spiro atoms. The van der Waals surface area contributed by atoms with Crippen LogP contribution in [0.4, 0.5) is 0 Å². The number of carbonyl (C=O) groups excluding carboxylic acids is 1. The largest absolute Gasteiger partial charge is 0.481 e. The standard InChI is InChI=1S/C23H27N5O3/c1-14-8-15(2)10-19(9-14)30-17(4)23(29)28-7-5-6-18(13-28)21-26-22(31-27-21)20-12-24-16(3)11-25-20/h8-12,17-18H,5-7,13H2,1-4H3. The van der Waals surface area contributed by atoms with Gasteiger partial charge in [-0.3, -0.25) is 9.78 Å². The van der Waals surface area contributed by atoms with Crippen molar-refractivity contribution in [3.8, 4) is 17.3 Å². The first-order chi connectivity index (χ1) is 14.9. The van der Waals surface area contributed by atoms with Gasteiger partial charge in [0.2, 0.25) is 0 Å². The number of likely N-dealkylation sites (tertiary alicyclic amines) is 1. The Labute approximate surface area is 181 Å². The van der Waals surface area contributed by atoms with Crippen LogP contribution in [-0.2, 0) is 4.79 Å². The molecule has 8 heteroatoms. The Hall–Kier alpha value is -3.29. The van der Waals surface area contributed by atoms with E-state index in [9.17, 15) is 4.79 Å². The first kappa shape index (κ1) is 21.0. The number of benzene rings is 1. The van der Waals surface area contributed by atoms with Crippen LogP contribution in [-0.4, -0.2) is 50.1 Å². The maximum Gasteiger partial charge on any atom is 0.278 e. The second-order valence-electron chi connectivity index (χ2n) is 8.21. The third-order valence-electron chi connectivity index (χ3n) is 5.40.